The number of benzene rings is 1. The van der Waals surface area contributed by atoms with Crippen molar-refractivity contribution in [3.63, 3.8) is 0 Å². The number of amides is 2. The molecule has 2 aromatic rings. The smallest absolute Gasteiger partial charge is 0.322 e. The molecule has 0 atom stereocenters. The molecule has 1 aromatic heterocycles. The van der Waals surface area contributed by atoms with Gasteiger partial charge in [0.1, 0.15) is 0 Å². The number of rotatable bonds is 3. The number of fused-ring (bicyclic) bond motifs is 1. The first-order valence-electron chi connectivity index (χ1n) is 6.90. The van der Waals surface area contributed by atoms with E-state index in [2.05, 4.69) is 16.4 Å². The van der Waals surface area contributed by atoms with Crippen molar-refractivity contribution in [2.24, 2.45) is 0 Å². The van der Waals surface area contributed by atoms with Gasteiger partial charge in [0.05, 0.1) is 7.11 Å². The highest BCUT2D eigenvalue weighted by Gasteiger charge is 2.23. The highest BCUT2D eigenvalue weighted by molar-refractivity contribution is 5.94. The summed E-state index contributed by atoms with van der Waals surface area (Å²) in [7, 11) is 1.58. The number of carbonyl (C=O) groups excluding carboxylic acids is 1. The molecule has 0 unspecified atom stereocenters. The van der Waals surface area contributed by atoms with Crippen molar-refractivity contribution in [3.05, 3.63) is 53.7 Å². The van der Waals surface area contributed by atoms with E-state index in [1.807, 2.05) is 30.3 Å². The summed E-state index contributed by atoms with van der Waals surface area (Å²) in [5.74, 6) is 0.549. The summed E-state index contributed by atoms with van der Waals surface area (Å²) >= 11 is 0. The van der Waals surface area contributed by atoms with Crippen LogP contribution in [0.2, 0.25) is 0 Å². The lowest BCUT2D eigenvalue weighted by Gasteiger charge is -2.18. The molecule has 0 radical (unpaired) electrons. The molecule has 0 spiro atoms. The van der Waals surface area contributed by atoms with Crippen molar-refractivity contribution in [1.82, 2.24) is 10.3 Å². The van der Waals surface area contributed by atoms with Gasteiger partial charge >= 0.3 is 6.03 Å². The van der Waals surface area contributed by atoms with Crippen LogP contribution in [0, 0.1) is 0 Å². The van der Waals surface area contributed by atoms with Crippen LogP contribution < -0.4 is 15.0 Å². The van der Waals surface area contributed by atoms with Gasteiger partial charge in [0.2, 0.25) is 5.88 Å². The normalized spacial score (nSPS) is 12.9. The van der Waals surface area contributed by atoms with Crippen molar-refractivity contribution in [2.75, 3.05) is 18.6 Å². The highest BCUT2D eigenvalue weighted by Crippen LogP contribution is 2.27. The molecule has 5 heteroatoms. The number of nitrogens with zero attached hydrogens (tertiary/aromatic N) is 2. The first-order valence-corrected chi connectivity index (χ1v) is 6.90. The van der Waals surface area contributed by atoms with Crippen LogP contribution in [0.25, 0.3) is 0 Å². The Balaban J connectivity index is 1.65. The second-order valence-electron chi connectivity index (χ2n) is 4.90. The average molecular weight is 283 g/mol. The molecule has 1 N–H and O–H groups in total. The monoisotopic (exact) mass is 283 g/mol. The van der Waals surface area contributed by atoms with E-state index in [1.54, 1.807) is 18.2 Å². The van der Waals surface area contributed by atoms with Crippen LogP contribution >= 0.6 is 0 Å². The van der Waals surface area contributed by atoms with Crippen molar-refractivity contribution in [3.8, 4) is 5.88 Å². The Hall–Kier alpha value is -2.56. The van der Waals surface area contributed by atoms with Crippen molar-refractivity contribution < 1.29 is 9.53 Å². The number of nitrogens with one attached hydrogen (secondary N) is 1. The van der Waals surface area contributed by atoms with Crippen LogP contribution in [0.5, 0.6) is 5.88 Å². The summed E-state index contributed by atoms with van der Waals surface area (Å²) in [6.45, 7) is 1.18. The van der Waals surface area contributed by atoms with E-state index >= 15 is 0 Å². The fourth-order valence-electron chi connectivity index (χ4n) is 2.49. The molecule has 0 aliphatic carbocycles. The van der Waals surface area contributed by atoms with E-state index in [1.165, 1.54) is 5.56 Å². The minimum atomic E-state index is -0.0734. The van der Waals surface area contributed by atoms with Crippen LogP contribution in [-0.2, 0) is 13.0 Å². The number of ether oxygens (including phenoxy) is 1. The average Bonchev–Trinajstić information content (AvgIpc) is 2.97. The number of urea groups is 1. The van der Waals surface area contributed by atoms with Crippen LogP contribution in [0.15, 0.2) is 42.6 Å². The lowest BCUT2D eigenvalue weighted by molar-refractivity contribution is 0.246. The Bertz CT molecular complexity index is 657. The third-order valence-electron chi connectivity index (χ3n) is 3.58. The van der Waals surface area contributed by atoms with E-state index in [4.69, 9.17) is 4.74 Å². The molecule has 2 heterocycles. The third kappa shape index (κ3) is 2.81. The van der Waals surface area contributed by atoms with E-state index in [0.717, 1.165) is 24.2 Å². The molecule has 1 aliphatic rings. The molecule has 0 saturated heterocycles. The molecule has 0 fully saturated rings. The molecule has 21 heavy (non-hydrogen) atoms. The Morgan fingerprint density at radius 1 is 1.38 bits per heavy atom. The first kappa shape index (κ1) is 13.4. The zero-order chi connectivity index (χ0) is 14.7. The molecular formula is C16H17N3O2. The second kappa shape index (κ2) is 5.83. The van der Waals surface area contributed by atoms with Crippen LogP contribution in [0.3, 0.4) is 0 Å². The molecule has 0 bridgehead atoms. The highest BCUT2D eigenvalue weighted by atomic mass is 16.5. The van der Waals surface area contributed by atoms with Gasteiger partial charge in [0.15, 0.2) is 0 Å². The summed E-state index contributed by atoms with van der Waals surface area (Å²) in [6.07, 6.45) is 2.58. The largest absolute Gasteiger partial charge is 0.481 e. The predicted octanol–water partition coefficient (Wildman–Crippen LogP) is 2.36. The van der Waals surface area contributed by atoms with Gasteiger partial charge in [-0.1, -0.05) is 18.2 Å². The van der Waals surface area contributed by atoms with E-state index in [-0.39, 0.29) is 6.03 Å². The number of carbonyl (C=O) groups is 1. The van der Waals surface area contributed by atoms with Gasteiger partial charge in [0.25, 0.3) is 0 Å². The molecule has 2 amide bonds. The Morgan fingerprint density at radius 2 is 2.24 bits per heavy atom. The molecule has 5 nitrogen and oxygen atoms in total. The third-order valence-corrected chi connectivity index (χ3v) is 3.58. The number of para-hydroxylation sites is 1. The second-order valence-corrected chi connectivity index (χ2v) is 4.90. The number of aromatic nitrogens is 1. The molecule has 3 rings (SSSR count). The first-order chi connectivity index (χ1) is 10.3. The lowest BCUT2D eigenvalue weighted by atomic mass is 10.2. The van der Waals surface area contributed by atoms with Crippen LogP contribution in [0.1, 0.15) is 11.1 Å². The molecular weight excluding hydrogens is 266 g/mol. The SMILES string of the molecule is COc1cc(CNC(=O)N2CCc3ccccc32)ccn1. The number of hydrogen-bond acceptors (Lipinski definition) is 3. The Morgan fingerprint density at radius 3 is 3.10 bits per heavy atom. The molecule has 0 saturated carbocycles. The molecule has 108 valence electrons. The number of methoxy groups -OCH3 is 1. The van der Waals surface area contributed by atoms with Crippen LogP contribution in [-0.4, -0.2) is 24.7 Å². The van der Waals surface area contributed by atoms with Gasteiger partial charge in [-0.15, -0.1) is 0 Å². The zero-order valence-corrected chi connectivity index (χ0v) is 11.9. The minimum Gasteiger partial charge on any atom is -0.481 e. The Labute approximate surface area is 123 Å². The summed E-state index contributed by atoms with van der Waals surface area (Å²) in [5, 5.41) is 2.94. The van der Waals surface area contributed by atoms with E-state index < -0.39 is 0 Å². The van der Waals surface area contributed by atoms with Gasteiger partial charge in [0, 0.05) is 31.0 Å². The fourth-order valence-corrected chi connectivity index (χ4v) is 2.49. The van der Waals surface area contributed by atoms with Crippen LogP contribution in [0.4, 0.5) is 10.5 Å². The molecule has 1 aliphatic heterocycles. The molecule has 1 aromatic carbocycles. The standard InChI is InChI=1S/C16H17N3O2/c1-21-15-10-12(6-8-17-15)11-18-16(20)19-9-7-13-4-2-3-5-14(13)19/h2-6,8,10H,7,9,11H2,1H3,(H,18,20). The summed E-state index contributed by atoms with van der Waals surface area (Å²) in [6, 6.07) is 11.6. The number of pyridine rings is 1. The van der Waals surface area contributed by atoms with E-state index in [0.29, 0.717) is 12.4 Å². The van der Waals surface area contributed by atoms with Gasteiger partial charge in [-0.05, 0) is 29.7 Å². The van der Waals surface area contributed by atoms with Gasteiger partial charge in [-0.25, -0.2) is 9.78 Å². The number of hydrogen-bond donors (Lipinski definition) is 1. The van der Waals surface area contributed by atoms with Gasteiger partial charge < -0.3 is 10.1 Å². The zero-order valence-electron chi connectivity index (χ0n) is 11.9. The summed E-state index contributed by atoms with van der Waals surface area (Å²) in [4.78, 5) is 18.1. The lowest BCUT2D eigenvalue weighted by Crippen LogP contribution is -2.38. The predicted molar refractivity (Wildman–Crippen MR) is 80.5 cm³/mol. The van der Waals surface area contributed by atoms with Crippen molar-refractivity contribution in [2.45, 2.75) is 13.0 Å². The van der Waals surface area contributed by atoms with Gasteiger partial charge in [-0.3, -0.25) is 4.90 Å². The number of anilines is 1. The quantitative estimate of drug-likeness (QED) is 0.941. The Kier molecular flexibility index (Phi) is 3.73. The van der Waals surface area contributed by atoms with Crippen molar-refractivity contribution >= 4 is 11.7 Å². The topological polar surface area (TPSA) is 54.5 Å². The maximum Gasteiger partial charge on any atom is 0.322 e. The van der Waals surface area contributed by atoms with E-state index in [9.17, 15) is 4.79 Å². The minimum absolute atomic E-state index is 0.0734. The maximum atomic E-state index is 12.3. The summed E-state index contributed by atoms with van der Waals surface area (Å²) < 4.78 is 5.07. The fraction of sp³-hybridized carbons (Fsp3) is 0.250. The maximum absolute atomic E-state index is 12.3. The summed E-state index contributed by atoms with van der Waals surface area (Å²) in [5.41, 5.74) is 3.18. The van der Waals surface area contributed by atoms with Crippen molar-refractivity contribution in [1.29, 1.82) is 0 Å². The van der Waals surface area contributed by atoms with Gasteiger partial charge in [-0.2, -0.15) is 0 Å².